The van der Waals surface area contributed by atoms with Gasteiger partial charge in [-0.25, -0.2) is 19.3 Å². The fraction of sp³-hybridized carbons (Fsp3) is 0.398. The van der Waals surface area contributed by atoms with Gasteiger partial charge < -0.3 is 72.2 Å². The Morgan fingerprint density at radius 2 is 0.943 bits per heavy atom. The van der Waals surface area contributed by atoms with Crippen LogP contribution in [-0.2, 0) is 93.4 Å². The number of likely N-dealkylation sites (N-methyl/N-ethyl adjacent to an activating group) is 2. The zero-order chi connectivity index (χ0) is 86.7. The molecule has 16 rings (SSSR count). The van der Waals surface area contributed by atoms with Crippen molar-refractivity contribution in [1.29, 1.82) is 0 Å². The summed E-state index contributed by atoms with van der Waals surface area (Å²) in [6.45, 7) is 13.7. The number of ether oxygens (including phenoxy) is 2. The minimum Gasteiger partial charge on any atom is -0.487 e. The summed E-state index contributed by atoms with van der Waals surface area (Å²) in [6.07, 6.45) is 2.72. The van der Waals surface area contributed by atoms with Crippen LogP contribution in [-0.4, -0.2) is 212 Å². The Balaban J connectivity index is 0.844. The number of benzene rings is 7. The van der Waals surface area contributed by atoms with Gasteiger partial charge in [0.1, 0.15) is 84.4 Å². The van der Waals surface area contributed by atoms with Crippen LogP contribution >= 0.6 is 0 Å². The largest absolute Gasteiger partial charge is 0.487 e. The number of nitrogens with one attached hydrogen (secondary N) is 10. The van der Waals surface area contributed by atoms with E-state index in [2.05, 4.69) is 89.1 Å². The lowest BCUT2D eigenvalue weighted by atomic mass is 9.85. The molecule has 9 heterocycles. The lowest BCUT2D eigenvalue weighted by molar-refractivity contribution is -0.145. The molecule has 0 spiro atoms. The predicted octanol–water partition coefficient (Wildman–Crippen LogP) is 4.70. The Bertz CT molecular complexity index is 5440. The van der Waals surface area contributed by atoms with E-state index in [0.29, 0.717) is 62.1 Å². The van der Waals surface area contributed by atoms with Gasteiger partial charge >= 0.3 is 5.97 Å². The zero-order valence-corrected chi connectivity index (χ0v) is 69.6. The average Bonchev–Trinajstić information content (AvgIpc) is 1.63. The van der Waals surface area contributed by atoms with Crippen molar-refractivity contribution in [2.24, 2.45) is 10.8 Å². The van der Waals surface area contributed by atoms with Crippen LogP contribution in [0.1, 0.15) is 120 Å². The molecule has 12 bridgehead atoms. The number of aliphatic carboxylic acids is 1. The molecule has 2 fully saturated rings. The van der Waals surface area contributed by atoms with Crippen LogP contribution in [0.25, 0.3) is 32.9 Å². The molecule has 0 aliphatic carbocycles. The molecule has 7 aromatic carbocycles. The van der Waals surface area contributed by atoms with E-state index in [4.69, 9.17) is 9.47 Å². The summed E-state index contributed by atoms with van der Waals surface area (Å²) in [4.78, 5) is 151. The first-order valence-electron chi connectivity index (χ1n) is 40.7. The number of hydrogen-bond acceptors (Lipinski definition) is 21. The Morgan fingerprint density at radius 3 is 1.36 bits per heavy atom. The van der Waals surface area contributed by atoms with Crippen molar-refractivity contribution in [1.82, 2.24) is 108 Å². The summed E-state index contributed by atoms with van der Waals surface area (Å²) >= 11 is 0. The second kappa shape index (κ2) is 37.9. The number of carbonyl (C=O) groups excluding carboxylic acids is 9. The molecule has 9 amide bonds. The molecule has 0 saturated carbocycles. The number of likely N-dealkylation sites (tertiary alicyclic amines) is 2. The molecule has 34 nitrogen and oxygen atoms in total. The number of carbonyl (C=O) groups is 10. The number of nitrogens with zero attached hydrogens (tertiary/aromatic N) is 11. The van der Waals surface area contributed by atoms with Crippen molar-refractivity contribution in [3.63, 3.8) is 0 Å². The van der Waals surface area contributed by atoms with Crippen molar-refractivity contribution in [2.75, 3.05) is 27.2 Å². The number of rotatable bonds is 17. The van der Waals surface area contributed by atoms with Gasteiger partial charge in [-0.1, -0.05) is 185 Å². The molecular weight excluding hydrogens is 1560 g/mol. The van der Waals surface area contributed by atoms with Gasteiger partial charge in [-0.05, 0) is 123 Å². The molecule has 3 aromatic heterocycles. The summed E-state index contributed by atoms with van der Waals surface area (Å²) in [5, 5.41) is 72.7. The second-order valence-electron chi connectivity index (χ2n) is 33.6. The number of aromatic amines is 1. The average molecular weight is 1660 g/mol. The van der Waals surface area contributed by atoms with Crippen LogP contribution in [0.15, 0.2) is 170 Å². The van der Waals surface area contributed by atoms with E-state index in [1.807, 2.05) is 84.9 Å². The molecule has 10 aromatic rings. The highest BCUT2D eigenvalue weighted by atomic mass is 16.5. The van der Waals surface area contributed by atoms with Gasteiger partial charge in [0.25, 0.3) is 0 Å². The first-order valence-corrected chi connectivity index (χ1v) is 40.7. The predicted molar refractivity (Wildman–Crippen MR) is 449 cm³/mol. The maximum Gasteiger partial charge on any atom is 0.326 e. The van der Waals surface area contributed by atoms with Crippen molar-refractivity contribution in [2.45, 2.75) is 186 Å². The SMILES string of the molecule is CN[C@@H](C)C(=O)N[C@H](C(=O)N1C[C@@H]2C[C@H]1C(=O)N[C@@H](Cc1ccc3ccccc3c1)C(=O)N[C@H](C(=O)O)Cc1ccc(cc1)OCc1cn(nn1)[C@H]1C[C@@H](C(=O)N[C@@H](Cc3ccc4ccccc4c3)C(=O)N[C@H](C(=O)NCc3ccc(-c4nnn[nH]4)cc3)Cc3ccc(cc3)OCc3cn2nn3)N(C(=O)[C@@H](NC(=O)[C@H](C)NC)C(C)(C)C)C1)C(C)(C)C. The Kier molecular flexibility index (Phi) is 26.9. The Hall–Kier alpha value is -13.4. The third-order valence-corrected chi connectivity index (χ3v) is 22.6. The van der Waals surface area contributed by atoms with E-state index >= 15 is 28.8 Å². The van der Waals surface area contributed by atoms with Gasteiger partial charge in [-0.2, -0.15) is 0 Å². The van der Waals surface area contributed by atoms with Crippen LogP contribution in [0, 0.1) is 10.8 Å². The number of carboxylic acids is 1. The molecule has 0 radical (unpaired) electrons. The minimum absolute atomic E-state index is 0.0339. The molecule has 638 valence electrons. The standard InChI is InChI=1S/C88H103N21O13/c1-50(89-9)77(110)96-74(87(3,4)5)84(117)106-46-64-41-72(106)82(115)93-69(39-55-21-27-57-15-11-13-17-60(57)35-55)80(113)92-68(79(112)91-43-54-19-29-59(30-20-54)76-100-102-103-101-76)37-52-23-31-66(32-24-52)121-48-62-44-109(104-98-62)65-42-73(107(47-65)85(118)75(88(6,7)8)97-78(111)51(2)90-10)83(116)94-70(40-56-22-28-58-16-12-14-18-61(58)36-56)81(114)95-71(86(119)120)38-53-25-33-67(34-26-53)122-49-63-45-108(64)105-99-63/h11-36,44-45,50-51,64-65,68-75,89-90H,37-43,46-49H2,1-10H3,(H,91,112)(H,92,113)(H,93,115)(H,94,116)(H,95,114)(H,96,110)(H,97,111)(H,119,120)(H,100,101,102,103)/t50-,51-,64-,65-,68-,69-,70-,71-,72-,73-,74+,75+/m0/s1. The van der Waals surface area contributed by atoms with Gasteiger partial charge in [-0.15, -0.1) is 15.3 Å². The molecule has 34 heteroatoms. The molecular formula is C88H103N21O13. The summed E-state index contributed by atoms with van der Waals surface area (Å²) in [5.74, 6) is -5.83. The first kappa shape index (κ1) is 86.5. The second-order valence-corrected chi connectivity index (χ2v) is 33.6. The smallest absolute Gasteiger partial charge is 0.326 e. The van der Waals surface area contributed by atoms with Gasteiger partial charge in [-0.3, -0.25) is 43.2 Å². The number of fused-ring (bicyclic) bond motifs is 2. The summed E-state index contributed by atoms with van der Waals surface area (Å²) < 4.78 is 15.6. The van der Waals surface area contributed by atoms with Crippen molar-refractivity contribution in [3.05, 3.63) is 209 Å². The third kappa shape index (κ3) is 21.2. The van der Waals surface area contributed by atoms with Crippen molar-refractivity contribution < 1.29 is 62.5 Å². The van der Waals surface area contributed by atoms with Crippen LogP contribution < -0.4 is 57.3 Å². The van der Waals surface area contributed by atoms with Crippen LogP contribution in [0.3, 0.4) is 0 Å². The highest BCUT2D eigenvalue weighted by Gasteiger charge is 2.49. The van der Waals surface area contributed by atoms with Crippen LogP contribution in [0.4, 0.5) is 0 Å². The van der Waals surface area contributed by atoms with Gasteiger partial charge in [0.05, 0.1) is 36.6 Å². The zero-order valence-electron chi connectivity index (χ0n) is 69.6. The monoisotopic (exact) mass is 1660 g/mol. The normalized spacial score (nSPS) is 20.6. The molecule has 12 atom stereocenters. The summed E-state index contributed by atoms with van der Waals surface area (Å²) in [7, 11) is 3.23. The minimum atomic E-state index is -1.52. The number of aromatic nitrogens is 10. The summed E-state index contributed by atoms with van der Waals surface area (Å²) in [6, 6.07) is 33.9. The van der Waals surface area contributed by atoms with E-state index in [9.17, 15) is 24.3 Å². The maximum absolute atomic E-state index is 15.7. The van der Waals surface area contributed by atoms with Crippen LogP contribution in [0.5, 0.6) is 11.5 Å². The molecule has 0 unspecified atom stereocenters. The van der Waals surface area contributed by atoms with E-state index in [1.54, 1.807) is 155 Å². The van der Waals surface area contributed by atoms with Gasteiger partial charge in [0.2, 0.25) is 53.2 Å². The van der Waals surface area contributed by atoms with Gasteiger partial charge in [0, 0.05) is 63.7 Å². The van der Waals surface area contributed by atoms with E-state index in [1.165, 1.54) is 19.2 Å². The summed E-state index contributed by atoms with van der Waals surface area (Å²) in [5.41, 5.74) is 2.69. The first-order chi connectivity index (χ1) is 58.4. The molecule has 11 N–H and O–H groups in total. The van der Waals surface area contributed by atoms with E-state index in [-0.39, 0.29) is 71.4 Å². The maximum atomic E-state index is 15.7. The molecule has 6 aliphatic heterocycles. The number of tetrazole rings is 1. The fourth-order valence-electron chi connectivity index (χ4n) is 15.3. The molecule has 122 heavy (non-hydrogen) atoms. The highest BCUT2D eigenvalue weighted by Crippen LogP contribution is 2.35. The lowest BCUT2D eigenvalue weighted by Crippen LogP contribution is -2.61. The fourth-order valence-corrected chi connectivity index (χ4v) is 15.3. The number of hydrogen-bond donors (Lipinski definition) is 11. The number of H-pyrrole nitrogens is 1. The van der Waals surface area contributed by atoms with Crippen molar-refractivity contribution in [3.8, 4) is 22.9 Å². The quantitative estimate of drug-likeness (QED) is 0.0588. The molecule has 6 aliphatic rings. The third-order valence-electron chi connectivity index (χ3n) is 22.6. The number of carboxylic acid groups (broad SMARTS) is 1. The van der Waals surface area contributed by atoms with E-state index in [0.717, 1.165) is 21.5 Å². The van der Waals surface area contributed by atoms with E-state index < -0.39 is 142 Å². The Morgan fingerprint density at radius 1 is 0.516 bits per heavy atom. The van der Waals surface area contributed by atoms with Crippen LogP contribution in [0.2, 0.25) is 0 Å². The van der Waals surface area contributed by atoms with Gasteiger partial charge in [0.15, 0.2) is 5.82 Å². The van der Waals surface area contributed by atoms with Crippen molar-refractivity contribution >= 4 is 80.7 Å². The molecule has 2 saturated heterocycles. The lowest BCUT2D eigenvalue weighted by Gasteiger charge is -2.36. The number of amides is 9. The topological polar surface area (TPSA) is 440 Å². The Labute approximate surface area is 704 Å². The highest BCUT2D eigenvalue weighted by molar-refractivity contribution is 5.99.